The summed E-state index contributed by atoms with van der Waals surface area (Å²) >= 11 is 0. The maximum absolute atomic E-state index is 11.6. The molecule has 1 aromatic rings. The summed E-state index contributed by atoms with van der Waals surface area (Å²) in [6, 6.07) is 0. The quantitative estimate of drug-likeness (QED) is 0.789. The summed E-state index contributed by atoms with van der Waals surface area (Å²) in [7, 11) is 0. The zero-order valence-corrected chi connectivity index (χ0v) is 10.3. The molecule has 0 saturated carbocycles. The molecule has 6 heteroatoms. The number of ether oxygens (including phenoxy) is 1. The van der Waals surface area contributed by atoms with Crippen molar-refractivity contribution in [3.05, 3.63) is 5.69 Å². The zero-order chi connectivity index (χ0) is 12.5. The van der Waals surface area contributed by atoms with Gasteiger partial charge in [0.1, 0.15) is 11.3 Å². The number of hydrogen-bond donors (Lipinski definition) is 1. The Bertz CT molecular complexity index is 390. The topological polar surface area (TPSA) is 83.0 Å². The Morgan fingerprint density at radius 3 is 2.31 bits per heavy atom. The molecule has 0 unspecified atom stereocenters. The van der Waals surface area contributed by atoms with Crippen molar-refractivity contribution in [2.75, 3.05) is 5.73 Å². The minimum Gasteiger partial charge on any atom is -0.441 e. The molecule has 0 amide bonds. The highest BCUT2D eigenvalue weighted by molar-refractivity contribution is 5.69. The lowest BCUT2D eigenvalue weighted by Gasteiger charge is -2.18. The molecule has 1 rings (SSSR count). The van der Waals surface area contributed by atoms with E-state index in [-0.39, 0.29) is 11.7 Å². The average Bonchev–Trinajstić information content (AvgIpc) is 2.44. The van der Waals surface area contributed by atoms with Crippen LogP contribution in [0.2, 0.25) is 0 Å². The molecule has 0 bridgehead atoms. The molecular weight excluding hydrogens is 208 g/mol. The van der Waals surface area contributed by atoms with Crippen molar-refractivity contribution < 1.29 is 9.53 Å². The number of anilines is 1. The van der Waals surface area contributed by atoms with Crippen LogP contribution in [0, 0.1) is 0 Å². The molecule has 0 radical (unpaired) electrons. The second-order valence-corrected chi connectivity index (χ2v) is 4.89. The van der Waals surface area contributed by atoms with Crippen LogP contribution in [-0.2, 0) is 4.74 Å². The first kappa shape index (κ1) is 12.5. The van der Waals surface area contributed by atoms with E-state index in [0.717, 1.165) is 4.80 Å². The first-order valence-corrected chi connectivity index (χ1v) is 5.17. The molecule has 6 nitrogen and oxygen atoms in total. The van der Waals surface area contributed by atoms with Crippen molar-refractivity contribution in [3.8, 4) is 0 Å². The van der Waals surface area contributed by atoms with Gasteiger partial charge in [-0.05, 0) is 20.8 Å². The minimum atomic E-state index is -0.619. The third kappa shape index (κ3) is 2.95. The number of hydrogen-bond acceptors (Lipinski definition) is 5. The fourth-order valence-electron chi connectivity index (χ4n) is 1.12. The van der Waals surface area contributed by atoms with Crippen molar-refractivity contribution >= 4 is 11.9 Å². The molecule has 2 N–H and O–H groups in total. The van der Waals surface area contributed by atoms with Crippen LogP contribution in [0.4, 0.5) is 10.6 Å². The van der Waals surface area contributed by atoms with Crippen molar-refractivity contribution in [2.24, 2.45) is 0 Å². The van der Waals surface area contributed by atoms with E-state index in [0.29, 0.717) is 5.69 Å². The minimum absolute atomic E-state index is 0.121. The number of carbonyl (C=O) groups is 1. The van der Waals surface area contributed by atoms with Gasteiger partial charge in [-0.25, -0.2) is 4.79 Å². The molecule has 0 fully saturated rings. The smallest absolute Gasteiger partial charge is 0.441 e. The number of nitrogens with two attached hydrogens (primary N) is 1. The van der Waals surface area contributed by atoms with Gasteiger partial charge in [0.15, 0.2) is 5.82 Å². The summed E-state index contributed by atoms with van der Waals surface area (Å²) in [6.45, 7) is 9.20. The van der Waals surface area contributed by atoms with Crippen LogP contribution in [0.1, 0.15) is 46.2 Å². The van der Waals surface area contributed by atoms with E-state index in [1.54, 1.807) is 20.8 Å². The monoisotopic (exact) mass is 226 g/mol. The Kier molecular flexibility index (Phi) is 3.21. The number of carbonyl (C=O) groups excluding carboxylic acids is 1. The highest BCUT2D eigenvalue weighted by Crippen LogP contribution is 2.17. The van der Waals surface area contributed by atoms with Crippen LogP contribution in [0.25, 0.3) is 0 Å². The summed E-state index contributed by atoms with van der Waals surface area (Å²) in [5, 5.41) is 7.82. The Morgan fingerprint density at radius 1 is 1.38 bits per heavy atom. The molecule has 1 aromatic heterocycles. The van der Waals surface area contributed by atoms with E-state index in [4.69, 9.17) is 10.5 Å². The van der Waals surface area contributed by atoms with E-state index in [9.17, 15) is 4.79 Å². The van der Waals surface area contributed by atoms with Gasteiger partial charge in [-0.15, -0.1) is 10.2 Å². The fourth-order valence-corrected chi connectivity index (χ4v) is 1.12. The Morgan fingerprint density at radius 2 is 1.94 bits per heavy atom. The molecule has 0 aliphatic heterocycles. The Hall–Kier alpha value is -1.59. The van der Waals surface area contributed by atoms with Crippen molar-refractivity contribution in [3.63, 3.8) is 0 Å². The van der Waals surface area contributed by atoms with Gasteiger partial charge in [-0.1, -0.05) is 18.6 Å². The zero-order valence-electron chi connectivity index (χ0n) is 10.3. The molecule has 90 valence electrons. The van der Waals surface area contributed by atoms with Gasteiger partial charge in [-0.3, -0.25) is 0 Å². The Balaban J connectivity index is 2.90. The molecule has 0 saturated heterocycles. The molecule has 1 heterocycles. The molecule has 16 heavy (non-hydrogen) atoms. The summed E-state index contributed by atoms with van der Waals surface area (Å²) in [5.41, 5.74) is 5.67. The molecule has 0 aliphatic carbocycles. The number of rotatable bonds is 1. The van der Waals surface area contributed by atoms with Gasteiger partial charge >= 0.3 is 6.09 Å². The van der Waals surface area contributed by atoms with Gasteiger partial charge in [-0.2, -0.15) is 0 Å². The second kappa shape index (κ2) is 4.11. The second-order valence-electron chi connectivity index (χ2n) is 4.89. The van der Waals surface area contributed by atoms with Crippen molar-refractivity contribution in [1.82, 2.24) is 15.0 Å². The highest BCUT2D eigenvalue weighted by atomic mass is 16.6. The molecule has 0 aliphatic rings. The van der Waals surface area contributed by atoms with Gasteiger partial charge in [0.25, 0.3) is 0 Å². The maximum atomic E-state index is 11.6. The Labute approximate surface area is 94.8 Å². The van der Waals surface area contributed by atoms with E-state index < -0.39 is 11.7 Å². The standard InChI is InChI=1S/C10H18N4O2/c1-6(2)7-8(11)13-14(12-7)9(15)16-10(3,4)5/h6H,1-5H3,(H2,11,13). The maximum Gasteiger partial charge on any atom is 0.452 e. The predicted molar refractivity (Wildman–Crippen MR) is 60.2 cm³/mol. The van der Waals surface area contributed by atoms with E-state index in [1.165, 1.54) is 0 Å². The first-order chi connectivity index (χ1) is 7.20. The molecule has 0 atom stereocenters. The van der Waals surface area contributed by atoms with Crippen LogP contribution in [0.15, 0.2) is 0 Å². The summed E-state index contributed by atoms with van der Waals surface area (Å²) < 4.78 is 5.12. The number of nitrogen functional groups attached to an aromatic ring is 1. The average molecular weight is 226 g/mol. The largest absolute Gasteiger partial charge is 0.452 e. The molecular formula is C10H18N4O2. The van der Waals surface area contributed by atoms with E-state index in [1.807, 2.05) is 13.8 Å². The van der Waals surface area contributed by atoms with Crippen molar-refractivity contribution in [2.45, 2.75) is 46.1 Å². The normalized spacial score (nSPS) is 11.9. The summed E-state index contributed by atoms with van der Waals surface area (Å²) in [5.74, 6) is 0.386. The fraction of sp³-hybridized carbons (Fsp3) is 0.700. The van der Waals surface area contributed by atoms with Crippen molar-refractivity contribution in [1.29, 1.82) is 0 Å². The van der Waals surface area contributed by atoms with Crippen LogP contribution < -0.4 is 5.73 Å². The van der Waals surface area contributed by atoms with Crippen LogP contribution in [0.5, 0.6) is 0 Å². The lowest BCUT2D eigenvalue weighted by Crippen LogP contribution is -2.28. The van der Waals surface area contributed by atoms with Crippen LogP contribution in [0.3, 0.4) is 0 Å². The predicted octanol–water partition coefficient (Wildman–Crippen LogP) is 1.77. The van der Waals surface area contributed by atoms with Gasteiger partial charge in [0, 0.05) is 5.92 Å². The lowest BCUT2D eigenvalue weighted by atomic mass is 10.1. The van der Waals surface area contributed by atoms with E-state index >= 15 is 0 Å². The van der Waals surface area contributed by atoms with Gasteiger partial charge < -0.3 is 10.5 Å². The number of nitrogens with zero attached hydrogens (tertiary/aromatic N) is 3. The highest BCUT2D eigenvalue weighted by Gasteiger charge is 2.21. The van der Waals surface area contributed by atoms with Gasteiger partial charge in [0.05, 0.1) is 0 Å². The summed E-state index contributed by atoms with van der Waals surface area (Å²) in [6.07, 6.45) is -0.619. The third-order valence-corrected chi connectivity index (χ3v) is 1.77. The first-order valence-electron chi connectivity index (χ1n) is 5.17. The summed E-state index contributed by atoms with van der Waals surface area (Å²) in [4.78, 5) is 12.5. The SMILES string of the molecule is CC(C)c1nn(C(=O)OC(C)(C)C)nc1N. The molecule has 0 spiro atoms. The van der Waals surface area contributed by atoms with Crippen LogP contribution >= 0.6 is 0 Å². The van der Waals surface area contributed by atoms with Gasteiger partial charge in [0.2, 0.25) is 0 Å². The number of aromatic nitrogens is 3. The van der Waals surface area contributed by atoms with E-state index in [2.05, 4.69) is 10.2 Å². The lowest BCUT2D eigenvalue weighted by molar-refractivity contribution is 0.0488. The third-order valence-electron chi connectivity index (χ3n) is 1.77. The molecule has 0 aromatic carbocycles. The van der Waals surface area contributed by atoms with Crippen LogP contribution in [-0.4, -0.2) is 26.7 Å².